The Labute approximate surface area is 140 Å². The highest BCUT2D eigenvalue weighted by atomic mass is 32.2. The largest absolute Gasteiger partial charge is 0.545 e. The van der Waals surface area contributed by atoms with Gasteiger partial charge in [0.25, 0.3) is 0 Å². The normalized spacial score (nSPS) is 11.0. The first-order chi connectivity index (χ1) is 11.2. The molecule has 7 heteroatoms. The number of benzene rings is 2. The topological polar surface area (TPSA) is 103 Å². The number of aromatic carboxylic acids is 1. The van der Waals surface area contributed by atoms with Crippen LogP contribution >= 0.6 is 0 Å². The Bertz CT molecular complexity index is 874. The Morgan fingerprint density at radius 1 is 1.08 bits per heavy atom. The number of carbonyl (C=O) groups excluding carboxylic acids is 2. The number of nitrogens with one attached hydrogen (secondary N) is 1. The number of sulfone groups is 1. The van der Waals surface area contributed by atoms with Crippen LogP contribution in [0.1, 0.15) is 21.5 Å². The first-order valence-corrected chi connectivity index (χ1v) is 8.94. The minimum atomic E-state index is -3.73. The van der Waals surface area contributed by atoms with Gasteiger partial charge in [-0.2, -0.15) is 0 Å². The second-order valence-electron chi connectivity index (χ2n) is 5.44. The van der Waals surface area contributed by atoms with Gasteiger partial charge in [0, 0.05) is 5.69 Å². The van der Waals surface area contributed by atoms with E-state index in [4.69, 9.17) is 0 Å². The number of carboxylic acid groups (broad SMARTS) is 1. The van der Waals surface area contributed by atoms with Gasteiger partial charge in [0.15, 0.2) is 9.84 Å². The van der Waals surface area contributed by atoms with Crippen molar-refractivity contribution in [3.8, 4) is 0 Å². The zero-order chi connectivity index (χ0) is 17.7. The Morgan fingerprint density at radius 2 is 1.79 bits per heavy atom. The molecule has 0 unspecified atom stereocenters. The van der Waals surface area contributed by atoms with Crippen LogP contribution in [-0.4, -0.2) is 26.0 Å². The van der Waals surface area contributed by atoms with Crippen molar-refractivity contribution in [1.82, 2.24) is 0 Å². The van der Waals surface area contributed by atoms with Gasteiger partial charge in [0.2, 0.25) is 5.91 Å². The summed E-state index contributed by atoms with van der Waals surface area (Å²) < 4.78 is 24.2. The zero-order valence-electron chi connectivity index (χ0n) is 13.0. The molecule has 0 aliphatic rings. The lowest BCUT2D eigenvalue weighted by atomic mass is 10.1. The molecular weight excluding hydrogens is 330 g/mol. The SMILES string of the molecule is Cc1cccc(NC(=O)CS(=O)(=O)Cc2cccc(C(=O)[O-])c2)c1. The number of hydrogen-bond donors (Lipinski definition) is 1. The molecule has 2 aromatic carbocycles. The fraction of sp³-hybridized carbons (Fsp3) is 0.176. The maximum Gasteiger partial charge on any atom is 0.239 e. The summed E-state index contributed by atoms with van der Waals surface area (Å²) in [5.41, 5.74) is 1.65. The number of aryl methyl sites for hydroxylation is 1. The maximum absolute atomic E-state index is 12.1. The van der Waals surface area contributed by atoms with Gasteiger partial charge in [-0.15, -0.1) is 0 Å². The van der Waals surface area contributed by atoms with Crippen molar-refractivity contribution in [2.24, 2.45) is 0 Å². The predicted octanol–water partition coefficient (Wildman–Crippen LogP) is 0.912. The molecule has 0 saturated heterocycles. The van der Waals surface area contributed by atoms with Gasteiger partial charge in [-0.05, 0) is 41.8 Å². The van der Waals surface area contributed by atoms with Gasteiger partial charge in [-0.25, -0.2) is 8.42 Å². The summed E-state index contributed by atoms with van der Waals surface area (Å²) in [6.07, 6.45) is 0. The van der Waals surface area contributed by atoms with Crippen LogP contribution in [0, 0.1) is 6.92 Å². The third kappa shape index (κ3) is 5.20. The molecule has 2 rings (SSSR count). The van der Waals surface area contributed by atoms with E-state index >= 15 is 0 Å². The van der Waals surface area contributed by atoms with Gasteiger partial charge in [-0.3, -0.25) is 4.79 Å². The van der Waals surface area contributed by atoms with Crippen molar-refractivity contribution in [3.05, 3.63) is 65.2 Å². The van der Waals surface area contributed by atoms with Gasteiger partial charge in [0.05, 0.1) is 11.7 Å². The van der Waals surface area contributed by atoms with Crippen molar-refractivity contribution in [2.75, 3.05) is 11.1 Å². The lowest BCUT2D eigenvalue weighted by molar-refractivity contribution is -0.255. The summed E-state index contributed by atoms with van der Waals surface area (Å²) in [7, 11) is -3.73. The molecule has 0 aliphatic carbocycles. The molecule has 126 valence electrons. The van der Waals surface area contributed by atoms with Crippen LogP contribution in [0.3, 0.4) is 0 Å². The van der Waals surface area contributed by atoms with Crippen molar-refractivity contribution in [1.29, 1.82) is 0 Å². The van der Waals surface area contributed by atoms with E-state index in [1.54, 1.807) is 18.2 Å². The number of carbonyl (C=O) groups is 2. The zero-order valence-corrected chi connectivity index (χ0v) is 13.8. The predicted molar refractivity (Wildman–Crippen MR) is 88.1 cm³/mol. The van der Waals surface area contributed by atoms with Crippen molar-refractivity contribution in [2.45, 2.75) is 12.7 Å². The van der Waals surface area contributed by atoms with E-state index in [-0.39, 0.29) is 5.56 Å². The number of carboxylic acids is 1. The lowest BCUT2D eigenvalue weighted by Gasteiger charge is -2.08. The molecule has 0 radical (unpaired) electrons. The van der Waals surface area contributed by atoms with E-state index in [9.17, 15) is 23.1 Å². The van der Waals surface area contributed by atoms with Crippen LogP contribution in [0.4, 0.5) is 5.69 Å². The van der Waals surface area contributed by atoms with Crippen LogP contribution in [0.15, 0.2) is 48.5 Å². The summed E-state index contributed by atoms with van der Waals surface area (Å²) in [5, 5.41) is 13.3. The first kappa shape index (κ1) is 17.7. The van der Waals surface area contributed by atoms with Gasteiger partial charge >= 0.3 is 0 Å². The van der Waals surface area contributed by atoms with Gasteiger partial charge < -0.3 is 15.2 Å². The third-order valence-corrected chi connectivity index (χ3v) is 4.68. The quantitative estimate of drug-likeness (QED) is 0.837. The van der Waals surface area contributed by atoms with Crippen molar-refractivity contribution < 1.29 is 23.1 Å². The second-order valence-corrected chi connectivity index (χ2v) is 7.50. The molecule has 1 amide bonds. The summed E-state index contributed by atoms with van der Waals surface area (Å²) in [6, 6.07) is 12.5. The molecular formula is C17H16NO5S-. The van der Waals surface area contributed by atoms with E-state index in [2.05, 4.69) is 5.32 Å². The highest BCUT2D eigenvalue weighted by Gasteiger charge is 2.18. The summed E-state index contributed by atoms with van der Waals surface area (Å²) in [6.45, 7) is 1.86. The third-order valence-electron chi connectivity index (χ3n) is 3.20. The van der Waals surface area contributed by atoms with Crippen LogP contribution < -0.4 is 10.4 Å². The first-order valence-electron chi connectivity index (χ1n) is 7.12. The highest BCUT2D eigenvalue weighted by Crippen LogP contribution is 2.12. The van der Waals surface area contributed by atoms with E-state index < -0.39 is 33.2 Å². The van der Waals surface area contributed by atoms with Crippen LogP contribution in [-0.2, 0) is 20.4 Å². The minimum Gasteiger partial charge on any atom is -0.545 e. The average molecular weight is 346 g/mol. The smallest absolute Gasteiger partial charge is 0.239 e. The number of amides is 1. The number of rotatable bonds is 6. The van der Waals surface area contributed by atoms with E-state index in [0.29, 0.717) is 11.3 Å². The molecule has 2 aromatic rings. The van der Waals surface area contributed by atoms with E-state index in [1.165, 1.54) is 24.3 Å². The number of anilines is 1. The van der Waals surface area contributed by atoms with Crippen molar-refractivity contribution in [3.63, 3.8) is 0 Å². The molecule has 0 saturated carbocycles. The fourth-order valence-corrected chi connectivity index (χ4v) is 3.47. The molecule has 0 heterocycles. The molecule has 0 spiro atoms. The Morgan fingerprint density at radius 3 is 2.46 bits per heavy atom. The molecule has 0 aliphatic heterocycles. The van der Waals surface area contributed by atoms with E-state index in [1.807, 2.05) is 13.0 Å². The summed E-state index contributed by atoms with van der Waals surface area (Å²) in [5.74, 6) is -3.13. The molecule has 24 heavy (non-hydrogen) atoms. The van der Waals surface area contributed by atoms with Crippen LogP contribution in [0.5, 0.6) is 0 Å². The highest BCUT2D eigenvalue weighted by molar-refractivity contribution is 7.91. The number of hydrogen-bond acceptors (Lipinski definition) is 5. The van der Waals surface area contributed by atoms with Gasteiger partial charge in [0.1, 0.15) is 5.75 Å². The summed E-state index contributed by atoms with van der Waals surface area (Å²) >= 11 is 0. The maximum atomic E-state index is 12.1. The summed E-state index contributed by atoms with van der Waals surface area (Å²) in [4.78, 5) is 22.7. The fourth-order valence-electron chi connectivity index (χ4n) is 2.21. The van der Waals surface area contributed by atoms with E-state index in [0.717, 1.165) is 5.56 Å². The van der Waals surface area contributed by atoms with Crippen LogP contribution in [0.2, 0.25) is 0 Å². The molecule has 6 nitrogen and oxygen atoms in total. The van der Waals surface area contributed by atoms with Crippen LogP contribution in [0.25, 0.3) is 0 Å². The second kappa shape index (κ2) is 7.27. The van der Waals surface area contributed by atoms with Gasteiger partial charge in [-0.1, -0.05) is 30.3 Å². The Hall–Kier alpha value is -2.67. The minimum absolute atomic E-state index is 0.105. The molecule has 0 aromatic heterocycles. The Kier molecular flexibility index (Phi) is 5.35. The van der Waals surface area contributed by atoms with Crippen molar-refractivity contribution >= 4 is 27.4 Å². The Balaban J connectivity index is 2.04. The molecule has 0 atom stereocenters. The monoisotopic (exact) mass is 346 g/mol. The lowest BCUT2D eigenvalue weighted by Crippen LogP contribution is -2.24. The standard InChI is InChI=1S/C17H17NO5S/c1-12-4-2-7-15(8-12)18-16(19)11-24(22,23)10-13-5-3-6-14(9-13)17(20)21/h2-9H,10-11H2,1H3,(H,18,19)(H,20,21)/p-1. The average Bonchev–Trinajstić information content (AvgIpc) is 2.46. The molecule has 0 bridgehead atoms. The molecule has 1 N–H and O–H groups in total. The molecule has 0 fully saturated rings.